The molecule has 0 aromatic heterocycles. The van der Waals surface area contributed by atoms with Gasteiger partial charge in [-0.15, -0.1) is 0 Å². The fourth-order valence-electron chi connectivity index (χ4n) is 2.91. The molecule has 0 heterocycles. The Morgan fingerprint density at radius 1 is 1.10 bits per heavy atom. The molecule has 1 aliphatic rings. The van der Waals surface area contributed by atoms with Gasteiger partial charge in [-0.1, -0.05) is 37.6 Å². The number of unbranched alkanes of at least 4 members (excludes halogenated alkanes) is 1. The second-order valence-electron chi connectivity index (χ2n) is 7.21. The van der Waals surface area contributed by atoms with E-state index in [9.17, 15) is 18.0 Å². The minimum Gasteiger partial charge on any atom is -0.452 e. The van der Waals surface area contributed by atoms with E-state index >= 15 is 0 Å². The monoisotopic (exact) mass is 430 g/mol. The SMILES string of the molecule is CCCCN(c1ccccc1)S(=O)(=O)c1cccc(C(=O)OCC(=O)NC2CC2)c1. The standard InChI is InChI=1S/C22H26N2O5S/c1-2-3-14-24(19-9-5-4-6-10-19)30(27,28)20-11-7-8-17(15-20)22(26)29-16-21(25)23-18-12-13-18/h4-11,15,18H,2-3,12-14,16H2,1H3,(H,23,25). The largest absolute Gasteiger partial charge is 0.452 e. The fourth-order valence-corrected chi connectivity index (χ4v) is 4.46. The molecule has 0 spiro atoms. The predicted octanol–water partition coefficient (Wildman–Crippen LogP) is 3.12. The lowest BCUT2D eigenvalue weighted by Gasteiger charge is -2.24. The number of hydrogen-bond acceptors (Lipinski definition) is 5. The molecule has 1 saturated carbocycles. The molecular weight excluding hydrogens is 404 g/mol. The highest BCUT2D eigenvalue weighted by Gasteiger charge is 2.26. The van der Waals surface area contributed by atoms with Gasteiger partial charge in [-0.05, 0) is 49.6 Å². The Hall–Kier alpha value is -2.87. The van der Waals surface area contributed by atoms with E-state index in [1.54, 1.807) is 24.3 Å². The van der Waals surface area contributed by atoms with Crippen molar-refractivity contribution < 1.29 is 22.7 Å². The van der Waals surface area contributed by atoms with E-state index in [1.807, 2.05) is 13.0 Å². The summed E-state index contributed by atoms with van der Waals surface area (Å²) in [6, 6.07) is 14.8. The first kappa shape index (κ1) is 21.8. The number of carbonyl (C=O) groups is 2. The van der Waals surface area contributed by atoms with Crippen LogP contribution in [0.2, 0.25) is 0 Å². The van der Waals surface area contributed by atoms with Crippen LogP contribution in [0.4, 0.5) is 5.69 Å². The normalized spacial score (nSPS) is 13.5. The van der Waals surface area contributed by atoms with Crippen molar-refractivity contribution >= 4 is 27.6 Å². The Bertz CT molecular complexity index is 988. The summed E-state index contributed by atoms with van der Waals surface area (Å²) in [4.78, 5) is 24.0. The van der Waals surface area contributed by atoms with E-state index in [1.165, 1.54) is 28.6 Å². The number of carbonyl (C=O) groups excluding carboxylic acids is 2. The van der Waals surface area contributed by atoms with Gasteiger partial charge in [0.1, 0.15) is 0 Å². The lowest BCUT2D eigenvalue weighted by atomic mass is 10.2. The van der Waals surface area contributed by atoms with Gasteiger partial charge in [0.15, 0.2) is 6.61 Å². The maximum Gasteiger partial charge on any atom is 0.338 e. The number of para-hydroxylation sites is 1. The minimum absolute atomic E-state index is 0.000613. The summed E-state index contributed by atoms with van der Waals surface area (Å²) in [5, 5.41) is 2.73. The Balaban J connectivity index is 1.77. The van der Waals surface area contributed by atoms with Crippen LogP contribution in [-0.4, -0.2) is 39.5 Å². The van der Waals surface area contributed by atoms with Crippen LogP contribution in [0.1, 0.15) is 43.0 Å². The summed E-state index contributed by atoms with van der Waals surface area (Å²) in [5.41, 5.74) is 0.648. The number of nitrogens with one attached hydrogen (secondary N) is 1. The number of benzene rings is 2. The smallest absolute Gasteiger partial charge is 0.338 e. The van der Waals surface area contributed by atoms with Crippen molar-refractivity contribution in [1.29, 1.82) is 0 Å². The van der Waals surface area contributed by atoms with E-state index in [2.05, 4.69) is 5.32 Å². The van der Waals surface area contributed by atoms with Crippen LogP contribution in [0.3, 0.4) is 0 Å². The van der Waals surface area contributed by atoms with Gasteiger partial charge in [-0.3, -0.25) is 9.10 Å². The van der Waals surface area contributed by atoms with Crippen LogP contribution in [0.25, 0.3) is 0 Å². The summed E-state index contributed by atoms with van der Waals surface area (Å²) in [5.74, 6) is -1.10. The molecule has 160 valence electrons. The molecule has 0 saturated heterocycles. The van der Waals surface area contributed by atoms with E-state index in [-0.39, 0.29) is 29.0 Å². The Kier molecular flexibility index (Phi) is 7.10. The average molecular weight is 431 g/mol. The molecular formula is C22H26N2O5S. The maximum absolute atomic E-state index is 13.3. The zero-order valence-electron chi connectivity index (χ0n) is 16.9. The minimum atomic E-state index is -3.88. The van der Waals surface area contributed by atoms with Gasteiger partial charge in [0.2, 0.25) is 0 Å². The number of sulfonamides is 1. The quantitative estimate of drug-likeness (QED) is 0.585. The molecule has 1 aliphatic carbocycles. The van der Waals surface area contributed by atoms with Gasteiger partial charge < -0.3 is 10.1 Å². The molecule has 0 aliphatic heterocycles. The summed E-state index contributed by atoms with van der Waals surface area (Å²) in [6.07, 6.45) is 3.42. The fraction of sp³-hybridized carbons (Fsp3) is 0.364. The average Bonchev–Trinajstić information content (AvgIpc) is 3.57. The van der Waals surface area contributed by atoms with Gasteiger partial charge in [-0.2, -0.15) is 0 Å². The molecule has 2 aromatic carbocycles. The van der Waals surface area contributed by atoms with Gasteiger partial charge >= 0.3 is 5.97 Å². The topological polar surface area (TPSA) is 92.8 Å². The Labute approximate surface area is 177 Å². The van der Waals surface area contributed by atoms with Crippen molar-refractivity contribution in [2.45, 2.75) is 43.5 Å². The van der Waals surface area contributed by atoms with Crippen molar-refractivity contribution in [3.8, 4) is 0 Å². The van der Waals surface area contributed by atoms with Crippen molar-refractivity contribution in [2.24, 2.45) is 0 Å². The van der Waals surface area contributed by atoms with Crippen LogP contribution in [0, 0.1) is 0 Å². The van der Waals surface area contributed by atoms with E-state index < -0.39 is 16.0 Å². The number of nitrogens with zero attached hydrogens (tertiary/aromatic N) is 1. The second kappa shape index (κ2) is 9.75. The highest BCUT2D eigenvalue weighted by molar-refractivity contribution is 7.92. The molecule has 7 nitrogen and oxygen atoms in total. The Morgan fingerprint density at radius 2 is 1.83 bits per heavy atom. The molecule has 3 rings (SSSR count). The second-order valence-corrected chi connectivity index (χ2v) is 9.07. The highest BCUT2D eigenvalue weighted by atomic mass is 32.2. The van der Waals surface area contributed by atoms with E-state index in [0.717, 1.165) is 19.3 Å². The van der Waals surface area contributed by atoms with E-state index in [0.29, 0.717) is 18.7 Å². The number of rotatable bonds is 10. The predicted molar refractivity (Wildman–Crippen MR) is 114 cm³/mol. The van der Waals surface area contributed by atoms with E-state index in [4.69, 9.17) is 4.74 Å². The zero-order valence-corrected chi connectivity index (χ0v) is 17.7. The van der Waals surface area contributed by atoms with Gasteiger partial charge in [-0.25, -0.2) is 13.2 Å². The third kappa shape index (κ3) is 5.60. The molecule has 0 bridgehead atoms. The van der Waals surface area contributed by atoms with Gasteiger partial charge in [0.05, 0.1) is 16.1 Å². The summed E-state index contributed by atoms with van der Waals surface area (Å²) in [7, 11) is -3.88. The lowest BCUT2D eigenvalue weighted by molar-refractivity contribution is -0.124. The first-order valence-electron chi connectivity index (χ1n) is 10.1. The van der Waals surface area contributed by atoms with Crippen molar-refractivity contribution in [3.63, 3.8) is 0 Å². The van der Waals surface area contributed by atoms with Gasteiger partial charge in [0, 0.05) is 12.6 Å². The van der Waals surface area contributed by atoms with Crippen LogP contribution < -0.4 is 9.62 Å². The molecule has 30 heavy (non-hydrogen) atoms. The first-order chi connectivity index (χ1) is 14.4. The molecule has 1 amide bonds. The van der Waals surface area contributed by atoms with Crippen LogP contribution in [-0.2, 0) is 19.6 Å². The molecule has 0 atom stereocenters. The number of amides is 1. The first-order valence-corrected chi connectivity index (χ1v) is 11.5. The lowest BCUT2D eigenvalue weighted by Crippen LogP contribution is -2.32. The number of esters is 1. The summed E-state index contributed by atoms with van der Waals surface area (Å²) >= 11 is 0. The molecule has 1 fully saturated rings. The van der Waals surface area contributed by atoms with Crippen LogP contribution >= 0.6 is 0 Å². The summed E-state index contributed by atoms with van der Waals surface area (Å²) in [6.45, 7) is 1.93. The van der Waals surface area contributed by atoms with Crippen molar-refractivity contribution in [2.75, 3.05) is 17.5 Å². The van der Waals surface area contributed by atoms with Crippen molar-refractivity contribution in [3.05, 3.63) is 60.2 Å². The third-order valence-electron chi connectivity index (χ3n) is 4.69. The van der Waals surface area contributed by atoms with Gasteiger partial charge in [0.25, 0.3) is 15.9 Å². The number of anilines is 1. The molecule has 0 unspecified atom stereocenters. The summed E-state index contributed by atoms with van der Waals surface area (Å²) < 4.78 is 33.0. The number of ether oxygens (including phenoxy) is 1. The zero-order chi connectivity index (χ0) is 21.6. The number of hydrogen-bond donors (Lipinski definition) is 1. The molecule has 2 aromatic rings. The molecule has 8 heteroatoms. The molecule has 1 N–H and O–H groups in total. The maximum atomic E-state index is 13.3. The molecule has 0 radical (unpaired) electrons. The Morgan fingerprint density at radius 3 is 2.50 bits per heavy atom. The van der Waals surface area contributed by atoms with Crippen molar-refractivity contribution in [1.82, 2.24) is 5.32 Å². The third-order valence-corrected chi connectivity index (χ3v) is 6.52. The van der Waals surface area contributed by atoms with Crippen LogP contribution in [0.5, 0.6) is 0 Å². The highest BCUT2D eigenvalue weighted by Crippen LogP contribution is 2.25. The van der Waals surface area contributed by atoms with Crippen LogP contribution in [0.15, 0.2) is 59.5 Å².